The zero-order chi connectivity index (χ0) is 7.83. The van der Waals surface area contributed by atoms with Gasteiger partial charge < -0.3 is 0 Å². The summed E-state index contributed by atoms with van der Waals surface area (Å²) in [6.07, 6.45) is 0. The highest BCUT2D eigenvalue weighted by Gasteiger charge is 2.50. The van der Waals surface area contributed by atoms with Gasteiger partial charge in [-0.15, -0.1) is 0 Å². The predicted octanol–water partition coefficient (Wildman–Crippen LogP) is 2.76. The van der Waals surface area contributed by atoms with E-state index in [2.05, 4.69) is 0 Å². The van der Waals surface area contributed by atoms with Gasteiger partial charge >= 0.3 is 17.5 Å². The molecule has 1 fully saturated rings. The molecule has 0 nitrogen and oxygen atoms in total. The molecule has 6 heteroatoms. The van der Waals surface area contributed by atoms with Gasteiger partial charge in [-0.25, -0.2) is 0 Å². The first-order valence-electron chi connectivity index (χ1n) is 3.17. The van der Waals surface area contributed by atoms with E-state index >= 15 is 0 Å². The lowest BCUT2D eigenvalue weighted by molar-refractivity contribution is 0.536. The van der Waals surface area contributed by atoms with Crippen molar-refractivity contribution in [3.05, 3.63) is 0 Å². The molecule has 0 unspecified atom stereocenters. The fourth-order valence-corrected chi connectivity index (χ4v) is 7.33. The van der Waals surface area contributed by atoms with Crippen LogP contribution in [0.2, 0.25) is 24.2 Å². The van der Waals surface area contributed by atoms with Gasteiger partial charge in [0, 0.05) is 24.2 Å². The Labute approximate surface area is 58.9 Å². The van der Waals surface area contributed by atoms with Crippen molar-refractivity contribution < 1.29 is 16.4 Å². The van der Waals surface area contributed by atoms with E-state index in [1.807, 2.05) is 0 Å². The summed E-state index contributed by atoms with van der Waals surface area (Å²) in [6.45, 7) is 0. The van der Waals surface area contributed by atoms with Gasteiger partial charge in [-0.1, -0.05) is 0 Å². The third-order valence-electron chi connectivity index (χ3n) is 1.71. The van der Waals surface area contributed by atoms with Gasteiger partial charge in [0.1, 0.15) is 0 Å². The van der Waals surface area contributed by atoms with Crippen molar-refractivity contribution in [2.45, 2.75) is 24.2 Å². The van der Waals surface area contributed by atoms with Crippen LogP contribution in [0.4, 0.5) is 16.4 Å². The Morgan fingerprint density at radius 2 is 0.800 bits per heavy atom. The summed E-state index contributed by atoms with van der Waals surface area (Å²) in [5, 5.41) is 0. The zero-order valence-corrected chi connectivity index (χ0v) is 7.34. The van der Waals surface area contributed by atoms with Gasteiger partial charge in [-0.2, -0.15) is 0 Å². The molecule has 10 heavy (non-hydrogen) atoms. The van der Waals surface area contributed by atoms with E-state index in [1.165, 1.54) is 0 Å². The molecule has 1 saturated heterocycles. The minimum absolute atomic E-state index is 0.466. The van der Waals surface area contributed by atoms with Crippen molar-refractivity contribution in [1.29, 1.82) is 0 Å². The number of hydrogen-bond acceptors (Lipinski definition) is 0. The summed E-state index contributed by atoms with van der Waals surface area (Å²) in [5.41, 5.74) is 0. The van der Waals surface area contributed by atoms with Crippen molar-refractivity contribution in [2.24, 2.45) is 0 Å². The molecule has 0 spiro atoms. The van der Waals surface area contributed by atoms with Gasteiger partial charge in [0.2, 0.25) is 0 Å². The van der Waals surface area contributed by atoms with E-state index in [4.69, 9.17) is 0 Å². The van der Waals surface area contributed by atoms with Crippen LogP contribution < -0.4 is 0 Å². The summed E-state index contributed by atoms with van der Waals surface area (Å²) in [4.78, 5) is 0. The molecule has 1 aliphatic rings. The molecule has 60 valence electrons. The van der Waals surface area contributed by atoms with E-state index < -0.39 is 41.7 Å². The van der Waals surface area contributed by atoms with Crippen molar-refractivity contribution in [3.8, 4) is 0 Å². The molecule has 0 aromatic rings. The monoisotopic (exact) mass is 188 g/mol. The first-order chi connectivity index (χ1) is 4.41. The SMILES string of the molecule is F[Si]1(F)CC[Si](F)(F)CC1. The van der Waals surface area contributed by atoms with E-state index in [1.54, 1.807) is 0 Å². The largest absolute Gasteiger partial charge is 0.424 e. The Morgan fingerprint density at radius 3 is 1.00 bits per heavy atom. The quantitative estimate of drug-likeness (QED) is 0.311. The highest BCUT2D eigenvalue weighted by molar-refractivity contribution is 6.76. The molecule has 0 atom stereocenters. The average molecular weight is 188 g/mol. The van der Waals surface area contributed by atoms with Crippen LogP contribution in [0.25, 0.3) is 0 Å². The van der Waals surface area contributed by atoms with Gasteiger partial charge in [-0.05, 0) is 0 Å². The number of halogens is 4. The highest BCUT2D eigenvalue weighted by Crippen LogP contribution is 2.38. The Hall–Kier alpha value is 0.154. The van der Waals surface area contributed by atoms with Crippen LogP contribution in [0.3, 0.4) is 0 Å². The van der Waals surface area contributed by atoms with Gasteiger partial charge in [-0.3, -0.25) is 16.4 Å². The molecule has 0 radical (unpaired) electrons. The first-order valence-corrected chi connectivity index (χ1v) is 7.51. The van der Waals surface area contributed by atoms with Crippen molar-refractivity contribution in [2.75, 3.05) is 0 Å². The van der Waals surface area contributed by atoms with E-state index in [9.17, 15) is 16.4 Å². The Morgan fingerprint density at radius 1 is 0.600 bits per heavy atom. The fraction of sp³-hybridized carbons (Fsp3) is 1.00. The fourth-order valence-electron chi connectivity index (χ4n) is 0.982. The lowest BCUT2D eigenvalue weighted by atomic mass is 10.9. The minimum atomic E-state index is -4.12. The molecule has 0 aliphatic carbocycles. The first kappa shape index (κ1) is 8.25. The van der Waals surface area contributed by atoms with E-state index in [0.717, 1.165) is 0 Å². The van der Waals surface area contributed by atoms with Crippen LogP contribution in [0, 0.1) is 0 Å². The van der Waals surface area contributed by atoms with Gasteiger partial charge in [0.15, 0.2) is 0 Å². The molecular formula is C4H8F4Si2. The maximum Gasteiger partial charge on any atom is 0.424 e. The Balaban J connectivity index is 2.46. The highest BCUT2D eigenvalue weighted by atomic mass is 28.4. The molecule has 0 saturated carbocycles. The van der Waals surface area contributed by atoms with Crippen LogP contribution in [0.1, 0.15) is 0 Å². The second-order valence-corrected chi connectivity index (χ2v) is 8.14. The summed E-state index contributed by atoms with van der Waals surface area (Å²) < 4.78 is 49.5. The average Bonchev–Trinajstić information content (AvgIpc) is 1.79. The van der Waals surface area contributed by atoms with Crippen LogP contribution >= 0.6 is 0 Å². The summed E-state index contributed by atoms with van der Waals surface area (Å²) in [7, 11) is -8.25. The maximum atomic E-state index is 12.4. The molecule has 0 amide bonds. The van der Waals surface area contributed by atoms with Crippen molar-refractivity contribution >= 4 is 17.5 Å². The molecule has 0 N–H and O–H groups in total. The normalized spacial score (nSPS) is 30.0. The van der Waals surface area contributed by atoms with Crippen LogP contribution in [-0.2, 0) is 0 Å². The second kappa shape index (κ2) is 2.33. The Kier molecular flexibility index (Phi) is 1.92. The summed E-state index contributed by atoms with van der Waals surface area (Å²) >= 11 is 0. The third kappa shape index (κ3) is 2.08. The molecule has 0 aromatic heterocycles. The molecule has 0 bridgehead atoms. The zero-order valence-electron chi connectivity index (χ0n) is 5.34. The smallest absolute Gasteiger partial charge is 0.270 e. The number of hydrogen-bond donors (Lipinski definition) is 0. The van der Waals surface area contributed by atoms with E-state index in [0.29, 0.717) is 0 Å². The van der Waals surface area contributed by atoms with Crippen LogP contribution in [0.15, 0.2) is 0 Å². The summed E-state index contributed by atoms with van der Waals surface area (Å²) in [6, 6.07) is -1.86. The molecule has 1 heterocycles. The molecule has 1 aliphatic heterocycles. The van der Waals surface area contributed by atoms with Crippen LogP contribution in [-0.4, -0.2) is 17.5 Å². The minimum Gasteiger partial charge on any atom is -0.270 e. The lowest BCUT2D eigenvalue weighted by Gasteiger charge is -2.23. The molecule has 1 rings (SSSR count). The van der Waals surface area contributed by atoms with Crippen LogP contribution in [0.5, 0.6) is 0 Å². The van der Waals surface area contributed by atoms with E-state index in [-0.39, 0.29) is 0 Å². The number of rotatable bonds is 0. The standard InChI is InChI=1S/C4H8F4Si2/c5-9(6)1-2-10(7,8)4-3-9/h1-4H2. The second-order valence-electron chi connectivity index (χ2n) is 2.71. The van der Waals surface area contributed by atoms with Gasteiger partial charge in [0.05, 0.1) is 0 Å². The van der Waals surface area contributed by atoms with Crippen molar-refractivity contribution in [3.63, 3.8) is 0 Å². The van der Waals surface area contributed by atoms with Gasteiger partial charge in [0.25, 0.3) is 0 Å². The third-order valence-corrected chi connectivity index (χ3v) is 6.64. The predicted molar refractivity (Wildman–Crippen MR) is 35.2 cm³/mol. The summed E-state index contributed by atoms with van der Waals surface area (Å²) in [5.74, 6) is 0. The lowest BCUT2D eigenvalue weighted by Crippen LogP contribution is -2.36. The topological polar surface area (TPSA) is 0 Å². The maximum absolute atomic E-state index is 12.4. The Bertz CT molecular complexity index is 107. The van der Waals surface area contributed by atoms with Crippen molar-refractivity contribution in [1.82, 2.24) is 0 Å². The molecule has 0 aromatic carbocycles. The molecular weight excluding hydrogens is 180 g/mol.